The molecule has 0 radical (unpaired) electrons. The number of carbonyl (C=O) groups excluding carboxylic acids is 1. The number of rotatable bonds is 5. The monoisotopic (exact) mass is 402 g/mol. The highest BCUT2D eigenvalue weighted by Crippen LogP contribution is 2.26. The van der Waals surface area contributed by atoms with Crippen LogP contribution < -0.4 is 10.6 Å². The van der Waals surface area contributed by atoms with Gasteiger partial charge >= 0.3 is 0 Å². The minimum Gasteiger partial charge on any atom is -0.317 e. The molecule has 2 N–H and O–H groups in total. The van der Waals surface area contributed by atoms with E-state index in [0.717, 1.165) is 37.3 Å². The number of anilines is 1. The smallest absolute Gasteiger partial charge is 0.226 e. The fourth-order valence-corrected chi connectivity index (χ4v) is 3.73. The Morgan fingerprint density at radius 1 is 1.32 bits per heavy atom. The van der Waals surface area contributed by atoms with Gasteiger partial charge in [-0.3, -0.25) is 9.78 Å². The highest BCUT2D eigenvalue weighted by molar-refractivity contribution is 7.14. The number of hydrogen-bond acceptors (Lipinski definition) is 5. The van der Waals surface area contributed by atoms with Crippen molar-refractivity contribution in [1.82, 2.24) is 15.3 Å². The van der Waals surface area contributed by atoms with E-state index in [9.17, 15) is 4.79 Å². The lowest BCUT2D eigenvalue weighted by molar-refractivity contribution is -0.117. The summed E-state index contributed by atoms with van der Waals surface area (Å²) in [5, 5.41) is 8.86. The summed E-state index contributed by atoms with van der Waals surface area (Å²) in [6.07, 6.45) is 4.63. The Labute approximate surface area is 164 Å². The number of aromatic nitrogens is 2. The second-order valence-electron chi connectivity index (χ2n) is 6.07. The normalized spacial score (nSPS) is 15.6. The van der Waals surface area contributed by atoms with E-state index < -0.39 is 0 Å². The van der Waals surface area contributed by atoms with Gasteiger partial charge in [-0.2, -0.15) is 0 Å². The van der Waals surface area contributed by atoms with E-state index >= 15 is 0 Å². The molecular formula is C17H24Cl2N4OS. The Kier molecular flexibility index (Phi) is 9.35. The fourth-order valence-electron chi connectivity index (χ4n) is 3.01. The highest BCUT2D eigenvalue weighted by atomic mass is 35.5. The van der Waals surface area contributed by atoms with Crippen LogP contribution in [0.5, 0.6) is 0 Å². The van der Waals surface area contributed by atoms with Crippen molar-refractivity contribution in [3.8, 4) is 11.4 Å². The molecule has 1 aliphatic heterocycles. The summed E-state index contributed by atoms with van der Waals surface area (Å²) >= 11 is 1.44. The van der Waals surface area contributed by atoms with Crippen LogP contribution in [0.4, 0.5) is 5.13 Å². The number of thiazole rings is 1. The molecule has 2 aromatic rings. The van der Waals surface area contributed by atoms with Crippen LogP contribution in [0.15, 0.2) is 29.8 Å². The van der Waals surface area contributed by atoms with Gasteiger partial charge in [0.15, 0.2) is 5.13 Å². The van der Waals surface area contributed by atoms with Gasteiger partial charge in [0.1, 0.15) is 5.69 Å². The Bertz CT molecular complexity index is 647. The maximum atomic E-state index is 12.2. The van der Waals surface area contributed by atoms with Crippen LogP contribution in [0.1, 0.15) is 26.2 Å². The minimum absolute atomic E-state index is 0. The number of pyridine rings is 1. The molecule has 5 nitrogen and oxygen atoms in total. The Morgan fingerprint density at radius 3 is 2.76 bits per heavy atom. The Balaban J connectivity index is 0.00000156. The molecule has 1 saturated heterocycles. The summed E-state index contributed by atoms with van der Waals surface area (Å²) in [7, 11) is 0. The van der Waals surface area contributed by atoms with E-state index in [1.165, 1.54) is 11.3 Å². The van der Waals surface area contributed by atoms with E-state index in [-0.39, 0.29) is 30.7 Å². The third-order valence-electron chi connectivity index (χ3n) is 4.37. The van der Waals surface area contributed by atoms with E-state index in [4.69, 9.17) is 0 Å². The fraction of sp³-hybridized carbons (Fsp3) is 0.471. The Hall–Kier alpha value is -1.21. The third-order valence-corrected chi connectivity index (χ3v) is 5.13. The third kappa shape index (κ3) is 6.22. The van der Waals surface area contributed by atoms with E-state index in [1.54, 1.807) is 6.20 Å². The maximum absolute atomic E-state index is 12.2. The topological polar surface area (TPSA) is 66.9 Å². The lowest BCUT2D eigenvalue weighted by Gasteiger charge is -2.27. The zero-order valence-electron chi connectivity index (χ0n) is 14.1. The second-order valence-corrected chi connectivity index (χ2v) is 6.93. The van der Waals surface area contributed by atoms with Gasteiger partial charge in [0, 0.05) is 18.0 Å². The molecule has 2 aromatic heterocycles. The van der Waals surface area contributed by atoms with Crippen molar-refractivity contribution in [1.29, 1.82) is 0 Å². The molecule has 8 heteroatoms. The predicted octanol–water partition coefficient (Wildman–Crippen LogP) is 4.01. The van der Waals surface area contributed by atoms with E-state index in [0.29, 0.717) is 23.4 Å². The highest BCUT2D eigenvalue weighted by Gasteiger charge is 2.22. The van der Waals surface area contributed by atoms with Crippen molar-refractivity contribution in [2.45, 2.75) is 26.2 Å². The summed E-state index contributed by atoms with van der Waals surface area (Å²) in [6.45, 7) is 4.31. The quantitative estimate of drug-likeness (QED) is 0.792. The lowest BCUT2D eigenvalue weighted by atomic mass is 9.84. The zero-order chi connectivity index (χ0) is 16.1. The number of hydrogen-bond donors (Lipinski definition) is 2. The SMILES string of the molecule is CC(CC(=O)Nc1nc(-c2ccccn2)cs1)C1CCNCC1.Cl.Cl. The van der Waals surface area contributed by atoms with Gasteiger partial charge in [0.05, 0.1) is 5.69 Å². The van der Waals surface area contributed by atoms with Crippen molar-refractivity contribution < 1.29 is 4.79 Å². The molecule has 3 heterocycles. The minimum atomic E-state index is 0. The van der Waals surface area contributed by atoms with Crippen LogP contribution in [0.3, 0.4) is 0 Å². The molecule has 1 aliphatic rings. The predicted molar refractivity (Wildman–Crippen MR) is 108 cm³/mol. The molecule has 3 rings (SSSR count). The van der Waals surface area contributed by atoms with Gasteiger partial charge in [-0.15, -0.1) is 36.2 Å². The molecule has 1 amide bonds. The molecule has 25 heavy (non-hydrogen) atoms. The summed E-state index contributed by atoms with van der Waals surface area (Å²) in [5.41, 5.74) is 1.63. The van der Waals surface area contributed by atoms with Crippen LogP contribution in [-0.4, -0.2) is 29.0 Å². The summed E-state index contributed by atoms with van der Waals surface area (Å²) in [5.74, 6) is 1.10. The summed E-state index contributed by atoms with van der Waals surface area (Å²) < 4.78 is 0. The van der Waals surface area contributed by atoms with Crippen LogP contribution >= 0.6 is 36.2 Å². The van der Waals surface area contributed by atoms with Gasteiger partial charge in [0.25, 0.3) is 0 Å². The summed E-state index contributed by atoms with van der Waals surface area (Å²) in [4.78, 5) is 21.0. The second kappa shape index (κ2) is 10.7. The molecule has 0 aliphatic carbocycles. The first-order valence-electron chi connectivity index (χ1n) is 8.10. The molecule has 0 aromatic carbocycles. The van der Waals surface area contributed by atoms with Crippen LogP contribution in [0, 0.1) is 11.8 Å². The van der Waals surface area contributed by atoms with Crippen LogP contribution in [0.25, 0.3) is 11.4 Å². The number of carbonyl (C=O) groups is 1. The Morgan fingerprint density at radius 2 is 2.08 bits per heavy atom. The average Bonchev–Trinajstić information content (AvgIpc) is 3.04. The molecule has 1 unspecified atom stereocenters. The number of nitrogens with one attached hydrogen (secondary N) is 2. The molecule has 138 valence electrons. The summed E-state index contributed by atoms with van der Waals surface area (Å²) in [6, 6.07) is 5.72. The standard InChI is InChI=1S/C17H22N4OS.2ClH/c1-12(13-5-8-18-9-6-13)10-16(22)21-17-20-15(11-23-17)14-4-2-3-7-19-14;;/h2-4,7,11-13,18H,5-6,8-10H2,1H3,(H,20,21,22);2*1H. The number of piperidine rings is 1. The first kappa shape index (κ1) is 21.8. The molecule has 0 spiro atoms. The van der Waals surface area contributed by atoms with Crippen molar-refractivity contribution in [2.75, 3.05) is 18.4 Å². The van der Waals surface area contributed by atoms with Crippen LogP contribution in [-0.2, 0) is 4.79 Å². The molecular weight excluding hydrogens is 379 g/mol. The number of nitrogens with zero attached hydrogens (tertiary/aromatic N) is 2. The first-order valence-corrected chi connectivity index (χ1v) is 8.98. The molecule has 0 saturated carbocycles. The average molecular weight is 403 g/mol. The van der Waals surface area contributed by atoms with Gasteiger partial charge in [0.2, 0.25) is 5.91 Å². The van der Waals surface area contributed by atoms with E-state index in [1.807, 2.05) is 23.6 Å². The van der Waals surface area contributed by atoms with Crippen molar-refractivity contribution in [3.05, 3.63) is 29.8 Å². The van der Waals surface area contributed by atoms with Crippen molar-refractivity contribution in [3.63, 3.8) is 0 Å². The van der Waals surface area contributed by atoms with Crippen molar-refractivity contribution >= 4 is 47.2 Å². The van der Waals surface area contributed by atoms with Crippen molar-refractivity contribution in [2.24, 2.45) is 11.8 Å². The molecule has 0 bridgehead atoms. The van der Waals surface area contributed by atoms with Gasteiger partial charge in [-0.25, -0.2) is 4.98 Å². The largest absolute Gasteiger partial charge is 0.317 e. The van der Waals surface area contributed by atoms with Crippen LogP contribution in [0.2, 0.25) is 0 Å². The maximum Gasteiger partial charge on any atom is 0.226 e. The lowest BCUT2D eigenvalue weighted by Crippen LogP contribution is -2.32. The molecule has 1 atom stereocenters. The van der Waals surface area contributed by atoms with E-state index in [2.05, 4.69) is 27.5 Å². The number of amides is 1. The number of halogens is 2. The first-order chi connectivity index (χ1) is 11.2. The zero-order valence-corrected chi connectivity index (χ0v) is 16.6. The van der Waals surface area contributed by atoms with Gasteiger partial charge < -0.3 is 10.6 Å². The van der Waals surface area contributed by atoms with Gasteiger partial charge in [-0.05, 0) is 49.9 Å². The molecule has 1 fully saturated rings. The van der Waals surface area contributed by atoms with Gasteiger partial charge in [-0.1, -0.05) is 13.0 Å².